The second-order valence-electron chi connectivity index (χ2n) is 5.43. The predicted molar refractivity (Wildman–Crippen MR) is 65.4 cm³/mol. The van der Waals surface area contributed by atoms with Gasteiger partial charge in [-0.25, -0.2) is 0 Å². The van der Waals surface area contributed by atoms with Gasteiger partial charge in [-0.05, 0) is 25.7 Å². The summed E-state index contributed by atoms with van der Waals surface area (Å²) in [6.45, 7) is 2.95. The minimum Gasteiger partial charge on any atom is -0.356 e. The number of carbonyl (C=O) groups is 2. The van der Waals surface area contributed by atoms with Gasteiger partial charge in [0.25, 0.3) is 0 Å². The Balaban J connectivity index is 1.65. The molecule has 1 heterocycles. The molecule has 1 spiro atoms. The first-order chi connectivity index (χ1) is 8.15. The number of carbonyl (C=O) groups excluding carboxylic acids is 2. The molecule has 1 saturated carbocycles. The lowest BCUT2D eigenvalue weighted by molar-refractivity contribution is -0.131. The molecule has 0 unspecified atom stereocenters. The zero-order chi connectivity index (χ0) is 12.3. The molecule has 0 radical (unpaired) electrons. The summed E-state index contributed by atoms with van der Waals surface area (Å²) in [5.74, 6) is 0.440. The maximum absolute atomic E-state index is 11.8. The fourth-order valence-corrected chi connectivity index (χ4v) is 2.88. The monoisotopic (exact) mass is 238 g/mol. The summed E-state index contributed by atoms with van der Waals surface area (Å²) in [6.07, 6.45) is 6.61. The molecule has 4 nitrogen and oxygen atoms in total. The van der Waals surface area contributed by atoms with Gasteiger partial charge in [0.05, 0.1) is 0 Å². The highest BCUT2D eigenvalue weighted by Gasteiger charge is 2.50. The highest BCUT2D eigenvalue weighted by atomic mass is 16.2. The van der Waals surface area contributed by atoms with Crippen molar-refractivity contribution in [1.29, 1.82) is 0 Å². The summed E-state index contributed by atoms with van der Waals surface area (Å²) < 4.78 is 0. The lowest BCUT2D eigenvalue weighted by Gasteiger charge is -2.44. The molecule has 2 fully saturated rings. The van der Waals surface area contributed by atoms with Gasteiger partial charge in [-0.15, -0.1) is 0 Å². The van der Waals surface area contributed by atoms with E-state index < -0.39 is 0 Å². The molecule has 4 heteroatoms. The van der Waals surface area contributed by atoms with Crippen molar-refractivity contribution in [3.8, 4) is 0 Å². The Labute approximate surface area is 103 Å². The van der Waals surface area contributed by atoms with Crippen LogP contribution in [-0.2, 0) is 9.59 Å². The molecule has 0 atom stereocenters. The van der Waals surface area contributed by atoms with Crippen molar-refractivity contribution in [2.24, 2.45) is 5.92 Å². The summed E-state index contributed by atoms with van der Waals surface area (Å²) >= 11 is 0. The van der Waals surface area contributed by atoms with Crippen molar-refractivity contribution in [3.63, 3.8) is 0 Å². The SMILES string of the molecule is CCCCCNC(=O)[C@H]1C[C@]2(CCC(=O)N2)C1. The van der Waals surface area contributed by atoms with Gasteiger partial charge in [0.1, 0.15) is 0 Å². The van der Waals surface area contributed by atoms with Crippen LogP contribution in [0.4, 0.5) is 0 Å². The van der Waals surface area contributed by atoms with Crippen LogP contribution < -0.4 is 10.6 Å². The lowest BCUT2D eigenvalue weighted by Crippen LogP contribution is -2.56. The van der Waals surface area contributed by atoms with Crippen molar-refractivity contribution >= 4 is 11.8 Å². The molecule has 0 aromatic rings. The lowest BCUT2D eigenvalue weighted by atomic mass is 9.67. The van der Waals surface area contributed by atoms with E-state index in [1.807, 2.05) is 0 Å². The Hall–Kier alpha value is -1.06. The minimum absolute atomic E-state index is 0.0253. The van der Waals surface area contributed by atoms with Crippen LogP contribution in [0.25, 0.3) is 0 Å². The maximum Gasteiger partial charge on any atom is 0.223 e. The number of unbranched alkanes of at least 4 members (excludes halogenated alkanes) is 2. The van der Waals surface area contributed by atoms with Crippen LogP contribution in [0.1, 0.15) is 51.9 Å². The van der Waals surface area contributed by atoms with Gasteiger partial charge in [-0.3, -0.25) is 9.59 Å². The third-order valence-corrected chi connectivity index (χ3v) is 3.96. The van der Waals surface area contributed by atoms with Gasteiger partial charge in [0.15, 0.2) is 0 Å². The average molecular weight is 238 g/mol. The molecule has 1 aliphatic heterocycles. The van der Waals surface area contributed by atoms with E-state index in [1.165, 1.54) is 12.8 Å². The number of hydrogen-bond acceptors (Lipinski definition) is 2. The maximum atomic E-state index is 11.8. The van der Waals surface area contributed by atoms with Crippen molar-refractivity contribution in [2.45, 2.75) is 57.4 Å². The van der Waals surface area contributed by atoms with Crippen molar-refractivity contribution in [2.75, 3.05) is 6.54 Å². The van der Waals surface area contributed by atoms with Gasteiger partial charge in [0.2, 0.25) is 11.8 Å². The van der Waals surface area contributed by atoms with Crippen LogP contribution >= 0.6 is 0 Å². The number of amides is 2. The van der Waals surface area contributed by atoms with Crippen molar-refractivity contribution in [1.82, 2.24) is 10.6 Å². The summed E-state index contributed by atoms with van der Waals surface area (Å²) in [5, 5.41) is 5.99. The second-order valence-corrected chi connectivity index (χ2v) is 5.43. The largest absolute Gasteiger partial charge is 0.356 e. The van der Waals surface area contributed by atoms with Crippen LogP contribution in [0, 0.1) is 5.92 Å². The van der Waals surface area contributed by atoms with E-state index in [-0.39, 0.29) is 23.3 Å². The van der Waals surface area contributed by atoms with E-state index in [4.69, 9.17) is 0 Å². The van der Waals surface area contributed by atoms with E-state index in [0.717, 1.165) is 32.2 Å². The van der Waals surface area contributed by atoms with E-state index in [0.29, 0.717) is 6.42 Å². The Morgan fingerprint density at radius 2 is 2.24 bits per heavy atom. The third kappa shape index (κ3) is 2.79. The van der Waals surface area contributed by atoms with Gasteiger partial charge in [-0.2, -0.15) is 0 Å². The fraction of sp³-hybridized carbons (Fsp3) is 0.846. The standard InChI is InChI=1S/C13H22N2O2/c1-2-3-4-7-14-12(17)10-8-13(9-10)6-5-11(16)15-13/h10H,2-9H2,1H3,(H,14,17)(H,15,16)/t10-,13+. The predicted octanol–water partition coefficient (Wildman–Crippen LogP) is 1.35. The minimum atomic E-state index is -0.0253. The van der Waals surface area contributed by atoms with Gasteiger partial charge < -0.3 is 10.6 Å². The van der Waals surface area contributed by atoms with Crippen LogP contribution in [0.5, 0.6) is 0 Å². The third-order valence-electron chi connectivity index (χ3n) is 3.96. The van der Waals surface area contributed by atoms with Crippen LogP contribution in [0.3, 0.4) is 0 Å². The molecule has 96 valence electrons. The number of hydrogen-bond donors (Lipinski definition) is 2. The van der Waals surface area contributed by atoms with E-state index in [2.05, 4.69) is 17.6 Å². The van der Waals surface area contributed by atoms with Crippen LogP contribution in [-0.4, -0.2) is 23.9 Å². The molecule has 0 bridgehead atoms. The molecule has 1 aliphatic carbocycles. The molecule has 1 saturated heterocycles. The van der Waals surface area contributed by atoms with Crippen LogP contribution in [0.2, 0.25) is 0 Å². The quantitative estimate of drug-likeness (QED) is 0.710. The van der Waals surface area contributed by atoms with Crippen molar-refractivity contribution < 1.29 is 9.59 Å². The molecular weight excluding hydrogens is 216 g/mol. The first kappa shape index (κ1) is 12.4. The van der Waals surface area contributed by atoms with Gasteiger partial charge in [0, 0.05) is 24.4 Å². The van der Waals surface area contributed by atoms with E-state index in [9.17, 15) is 9.59 Å². The van der Waals surface area contributed by atoms with Gasteiger partial charge in [-0.1, -0.05) is 19.8 Å². The molecule has 2 rings (SSSR count). The Bertz CT molecular complexity index is 309. The highest BCUT2D eigenvalue weighted by molar-refractivity contribution is 5.83. The molecule has 0 aromatic carbocycles. The number of rotatable bonds is 5. The molecule has 2 amide bonds. The fourth-order valence-electron chi connectivity index (χ4n) is 2.88. The zero-order valence-electron chi connectivity index (χ0n) is 10.6. The highest BCUT2D eigenvalue weighted by Crippen LogP contribution is 2.43. The summed E-state index contributed by atoms with van der Waals surface area (Å²) in [6, 6.07) is 0. The summed E-state index contributed by atoms with van der Waals surface area (Å²) in [4.78, 5) is 22.9. The average Bonchev–Trinajstić information content (AvgIpc) is 2.65. The van der Waals surface area contributed by atoms with Gasteiger partial charge >= 0.3 is 0 Å². The Kier molecular flexibility index (Phi) is 3.69. The second kappa shape index (κ2) is 5.07. The van der Waals surface area contributed by atoms with Crippen LogP contribution in [0.15, 0.2) is 0 Å². The first-order valence-corrected chi connectivity index (χ1v) is 6.74. The Morgan fingerprint density at radius 1 is 1.47 bits per heavy atom. The van der Waals surface area contributed by atoms with E-state index >= 15 is 0 Å². The summed E-state index contributed by atoms with van der Waals surface area (Å²) in [7, 11) is 0. The smallest absolute Gasteiger partial charge is 0.223 e. The summed E-state index contributed by atoms with van der Waals surface area (Å²) in [5.41, 5.74) is -0.0253. The molecular formula is C13H22N2O2. The molecule has 2 aliphatic rings. The Morgan fingerprint density at radius 3 is 2.82 bits per heavy atom. The molecule has 17 heavy (non-hydrogen) atoms. The first-order valence-electron chi connectivity index (χ1n) is 6.74. The zero-order valence-corrected chi connectivity index (χ0v) is 10.6. The molecule has 2 N–H and O–H groups in total. The molecule has 0 aromatic heterocycles. The van der Waals surface area contributed by atoms with E-state index in [1.54, 1.807) is 0 Å². The normalized spacial score (nSPS) is 31.1. The number of nitrogens with one attached hydrogen (secondary N) is 2. The topological polar surface area (TPSA) is 58.2 Å². The van der Waals surface area contributed by atoms with Crippen molar-refractivity contribution in [3.05, 3.63) is 0 Å².